The van der Waals surface area contributed by atoms with Crippen LogP contribution in [0.15, 0.2) is 76.6 Å². The van der Waals surface area contributed by atoms with Crippen molar-refractivity contribution in [3.05, 3.63) is 72.8 Å². The minimum absolute atomic E-state index is 0.0195. The quantitative estimate of drug-likeness (QED) is 0.454. The van der Waals surface area contributed by atoms with E-state index in [2.05, 4.69) is 19.9 Å². The van der Waals surface area contributed by atoms with Gasteiger partial charge in [-0.25, -0.2) is 4.98 Å². The first kappa shape index (κ1) is 15.3. The Bertz CT molecular complexity index is 1280. The number of furan rings is 1. The Labute approximate surface area is 153 Å². The molecule has 2 N–H and O–H groups in total. The first-order valence-corrected chi connectivity index (χ1v) is 8.42. The van der Waals surface area contributed by atoms with E-state index < -0.39 is 0 Å². The predicted molar refractivity (Wildman–Crippen MR) is 104 cm³/mol. The van der Waals surface area contributed by atoms with Crippen LogP contribution in [0.1, 0.15) is 5.56 Å². The fourth-order valence-electron chi connectivity index (χ4n) is 3.11. The third kappa shape index (κ3) is 2.64. The summed E-state index contributed by atoms with van der Waals surface area (Å²) in [5.41, 5.74) is 3.52. The second-order valence-corrected chi connectivity index (χ2v) is 6.10. The van der Waals surface area contributed by atoms with E-state index in [1.165, 1.54) is 0 Å². The molecule has 0 fully saturated rings. The number of aromatic nitrogens is 3. The number of rotatable bonds is 3. The molecule has 0 atom stereocenters. The van der Waals surface area contributed by atoms with Crippen molar-refractivity contribution in [2.45, 2.75) is 0 Å². The summed E-state index contributed by atoms with van der Waals surface area (Å²) >= 11 is 0. The van der Waals surface area contributed by atoms with Gasteiger partial charge >= 0.3 is 0 Å². The van der Waals surface area contributed by atoms with E-state index in [9.17, 15) is 5.11 Å². The number of hydrogen-bond donors (Lipinski definition) is 2. The number of fused-ring (bicyclic) bond motifs is 2. The van der Waals surface area contributed by atoms with E-state index in [4.69, 9.17) is 4.42 Å². The van der Waals surface area contributed by atoms with Crippen molar-refractivity contribution in [2.24, 2.45) is 4.99 Å². The Morgan fingerprint density at radius 3 is 2.89 bits per heavy atom. The second kappa shape index (κ2) is 6.10. The summed E-state index contributed by atoms with van der Waals surface area (Å²) in [6, 6.07) is 15.3. The van der Waals surface area contributed by atoms with Gasteiger partial charge in [-0.2, -0.15) is 0 Å². The van der Waals surface area contributed by atoms with E-state index >= 15 is 0 Å². The van der Waals surface area contributed by atoms with Gasteiger partial charge in [0.2, 0.25) is 0 Å². The maximum atomic E-state index is 10.3. The van der Waals surface area contributed by atoms with Gasteiger partial charge in [0.25, 0.3) is 0 Å². The number of para-hydroxylation sites is 1. The first-order chi connectivity index (χ1) is 13.3. The van der Waals surface area contributed by atoms with Crippen LogP contribution in [0.3, 0.4) is 0 Å². The molecule has 0 aliphatic carbocycles. The predicted octanol–water partition coefficient (Wildman–Crippen LogP) is 4.83. The largest absolute Gasteiger partial charge is 0.494 e. The van der Waals surface area contributed by atoms with E-state index in [-0.39, 0.29) is 5.88 Å². The number of benzene rings is 1. The average Bonchev–Trinajstić information content (AvgIpc) is 3.33. The van der Waals surface area contributed by atoms with Crippen LogP contribution in [0, 0.1) is 0 Å². The fraction of sp³-hybridized carbons (Fsp3) is 0. The van der Waals surface area contributed by atoms with Crippen molar-refractivity contribution in [3.63, 3.8) is 0 Å². The number of hydrogen-bond acceptors (Lipinski definition) is 5. The average molecular weight is 354 g/mol. The highest BCUT2D eigenvalue weighted by Crippen LogP contribution is 2.30. The molecule has 0 aliphatic rings. The van der Waals surface area contributed by atoms with Crippen LogP contribution >= 0.6 is 0 Å². The SMILES string of the molecule is Oc1[nH]c2ncc(-c3ccco3)cc2c1C=Nc1cccc2cccnc12. The molecule has 0 unspecified atom stereocenters. The van der Waals surface area contributed by atoms with Gasteiger partial charge in [-0.15, -0.1) is 0 Å². The van der Waals surface area contributed by atoms with Crippen LogP contribution in [0.25, 0.3) is 33.3 Å². The molecular formula is C21H14N4O2. The maximum absolute atomic E-state index is 10.3. The van der Waals surface area contributed by atoms with Crippen molar-refractivity contribution >= 4 is 33.8 Å². The Kier molecular flexibility index (Phi) is 3.47. The lowest BCUT2D eigenvalue weighted by Gasteiger charge is -2.00. The van der Waals surface area contributed by atoms with Crippen LogP contribution in [0.4, 0.5) is 5.69 Å². The summed E-state index contributed by atoms with van der Waals surface area (Å²) < 4.78 is 5.44. The van der Waals surface area contributed by atoms with Crippen molar-refractivity contribution in [2.75, 3.05) is 0 Å². The summed E-state index contributed by atoms with van der Waals surface area (Å²) in [6.07, 6.45) is 6.69. The van der Waals surface area contributed by atoms with Crippen molar-refractivity contribution < 1.29 is 9.52 Å². The van der Waals surface area contributed by atoms with Gasteiger partial charge in [-0.05, 0) is 30.3 Å². The van der Waals surface area contributed by atoms with Crippen molar-refractivity contribution in [1.82, 2.24) is 15.0 Å². The third-order valence-electron chi connectivity index (χ3n) is 4.42. The highest BCUT2D eigenvalue weighted by atomic mass is 16.3. The fourth-order valence-corrected chi connectivity index (χ4v) is 3.11. The molecule has 130 valence electrons. The molecule has 0 saturated heterocycles. The molecule has 5 rings (SSSR count). The molecule has 0 bridgehead atoms. The van der Waals surface area contributed by atoms with Gasteiger partial charge in [-0.1, -0.05) is 18.2 Å². The summed E-state index contributed by atoms with van der Waals surface area (Å²) in [5.74, 6) is 0.734. The molecule has 6 nitrogen and oxygen atoms in total. The van der Waals surface area contributed by atoms with Gasteiger partial charge in [0.1, 0.15) is 11.4 Å². The lowest BCUT2D eigenvalue weighted by molar-refractivity contribution is 0.457. The third-order valence-corrected chi connectivity index (χ3v) is 4.42. The summed E-state index contributed by atoms with van der Waals surface area (Å²) in [4.78, 5) is 16.2. The Morgan fingerprint density at radius 1 is 1.07 bits per heavy atom. The molecule has 27 heavy (non-hydrogen) atoms. The lowest BCUT2D eigenvalue weighted by Crippen LogP contribution is -1.83. The molecule has 0 spiro atoms. The molecule has 4 aromatic heterocycles. The number of pyridine rings is 2. The zero-order valence-electron chi connectivity index (χ0n) is 14.1. The molecule has 0 amide bonds. The lowest BCUT2D eigenvalue weighted by atomic mass is 10.1. The molecule has 0 aliphatic heterocycles. The first-order valence-electron chi connectivity index (χ1n) is 8.42. The number of nitrogens with one attached hydrogen (secondary N) is 1. The van der Waals surface area contributed by atoms with Crippen molar-refractivity contribution in [3.8, 4) is 17.2 Å². The number of aromatic amines is 1. The topological polar surface area (TPSA) is 87.3 Å². The van der Waals surface area contributed by atoms with Crippen LogP contribution in [-0.2, 0) is 0 Å². The number of H-pyrrole nitrogens is 1. The van der Waals surface area contributed by atoms with Crippen LogP contribution < -0.4 is 0 Å². The minimum atomic E-state index is 0.0195. The van der Waals surface area contributed by atoms with Gasteiger partial charge in [-0.3, -0.25) is 9.98 Å². The minimum Gasteiger partial charge on any atom is -0.494 e. The molecule has 5 aromatic rings. The van der Waals surface area contributed by atoms with E-state index in [0.717, 1.165) is 27.5 Å². The van der Waals surface area contributed by atoms with Gasteiger partial charge in [0.05, 0.1) is 23.0 Å². The Hall–Kier alpha value is -3.93. The molecule has 0 saturated carbocycles. The summed E-state index contributed by atoms with van der Waals surface area (Å²) in [5, 5.41) is 12.1. The Morgan fingerprint density at radius 2 is 2.00 bits per heavy atom. The normalized spacial score (nSPS) is 11.7. The zero-order chi connectivity index (χ0) is 18.2. The molecule has 6 heteroatoms. The van der Waals surface area contributed by atoms with E-state index in [1.54, 1.807) is 24.9 Å². The van der Waals surface area contributed by atoms with Crippen LogP contribution in [-0.4, -0.2) is 26.3 Å². The molecule has 1 aromatic carbocycles. The molecular weight excluding hydrogens is 340 g/mol. The van der Waals surface area contributed by atoms with E-state index in [1.807, 2.05) is 48.5 Å². The van der Waals surface area contributed by atoms with Crippen molar-refractivity contribution in [1.29, 1.82) is 0 Å². The van der Waals surface area contributed by atoms with Crippen LogP contribution in [0.2, 0.25) is 0 Å². The summed E-state index contributed by atoms with van der Waals surface area (Å²) in [7, 11) is 0. The van der Waals surface area contributed by atoms with Crippen LogP contribution in [0.5, 0.6) is 5.88 Å². The zero-order valence-corrected chi connectivity index (χ0v) is 14.1. The standard InChI is InChI=1S/C21H14N4O2/c26-21-16(12-23-17-6-1-4-13-5-2-8-22-19(13)17)15-10-14(11-24-20(15)25-21)18-7-3-9-27-18/h1-12,26H,(H,24,25). The maximum Gasteiger partial charge on any atom is 0.199 e. The monoisotopic (exact) mass is 354 g/mol. The molecule has 4 heterocycles. The van der Waals surface area contributed by atoms with Gasteiger partial charge in [0, 0.05) is 34.9 Å². The number of aromatic hydroxyl groups is 1. The molecule has 0 radical (unpaired) electrons. The highest BCUT2D eigenvalue weighted by Gasteiger charge is 2.12. The number of nitrogens with zero attached hydrogens (tertiary/aromatic N) is 3. The second-order valence-electron chi connectivity index (χ2n) is 6.10. The highest BCUT2D eigenvalue weighted by molar-refractivity contribution is 6.03. The smallest absolute Gasteiger partial charge is 0.199 e. The summed E-state index contributed by atoms with van der Waals surface area (Å²) in [6.45, 7) is 0. The number of aliphatic imine (C=N–C) groups is 1. The van der Waals surface area contributed by atoms with Gasteiger partial charge in [0.15, 0.2) is 5.88 Å². The van der Waals surface area contributed by atoms with Gasteiger partial charge < -0.3 is 14.5 Å². The van der Waals surface area contributed by atoms with E-state index in [0.29, 0.717) is 17.0 Å². The Balaban J connectivity index is 1.63.